The molecule has 166 valence electrons. The molecular formula is C25H33N3O3. The molecule has 0 bridgehead atoms. The Labute approximate surface area is 185 Å². The van der Waals surface area contributed by atoms with Crippen LogP contribution in [-0.2, 0) is 4.74 Å². The highest BCUT2D eigenvalue weighted by Gasteiger charge is 2.25. The highest BCUT2D eigenvalue weighted by atomic mass is 16.5. The van der Waals surface area contributed by atoms with Crippen LogP contribution in [0.1, 0.15) is 54.9 Å². The van der Waals surface area contributed by atoms with Crippen LogP contribution in [0.2, 0.25) is 0 Å². The fraction of sp³-hybridized carbons (Fsp3) is 0.440. The summed E-state index contributed by atoms with van der Waals surface area (Å²) in [5, 5.41) is 5.93. The van der Waals surface area contributed by atoms with Crippen LogP contribution in [-0.4, -0.2) is 49.2 Å². The Kier molecular flexibility index (Phi) is 8.47. The first-order valence-corrected chi connectivity index (χ1v) is 11.1. The zero-order chi connectivity index (χ0) is 22.1. The van der Waals surface area contributed by atoms with Gasteiger partial charge in [-0.1, -0.05) is 30.3 Å². The van der Waals surface area contributed by atoms with E-state index in [4.69, 9.17) is 4.74 Å². The van der Waals surface area contributed by atoms with Gasteiger partial charge in [-0.3, -0.25) is 4.79 Å². The lowest BCUT2D eigenvalue weighted by atomic mass is 9.89. The molecule has 1 unspecified atom stereocenters. The molecule has 6 heteroatoms. The zero-order valence-corrected chi connectivity index (χ0v) is 18.5. The van der Waals surface area contributed by atoms with Crippen molar-refractivity contribution in [1.82, 2.24) is 10.2 Å². The summed E-state index contributed by atoms with van der Waals surface area (Å²) < 4.78 is 5.51. The van der Waals surface area contributed by atoms with Crippen LogP contribution in [0.25, 0.3) is 0 Å². The summed E-state index contributed by atoms with van der Waals surface area (Å²) in [6, 6.07) is 17.2. The van der Waals surface area contributed by atoms with Gasteiger partial charge >= 0.3 is 6.03 Å². The van der Waals surface area contributed by atoms with Crippen molar-refractivity contribution >= 4 is 17.6 Å². The maximum absolute atomic E-state index is 12.7. The predicted molar refractivity (Wildman–Crippen MR) is 123 cm³/mol. The third-order valence-corrected chi connectivity index (χ3v) is 5.41. The van der Waals surface area contributed by atoms with Gasteiger partial charge in [0.2, 0.25) is 0 Å². The van der Waals surface area contributed by atoms with Crippen molar-refractivity contribution in [2.75, 3.05) is 31.6 Å². The van der Waals surface area contributed by atoms with Gasteiger partial charge in [-0.2, -0.15) is 0 Å². The third-order valence-electron chi connectivity index (χ3n) is 5.41. The second-order valence-corrected chi connectivity index (χ2v) is 8.24. The van der Waals surface area contributed by atoms with Crippen molar-refractivity contribution in [3.8, 4) is 0 Å². The number of amides is 3. The number of anilines is 1. The van der Waals surface area contributed by atoms with Crippen LogP contribution < -0.4 is 10.6 Å². The van der Waals surface area contributed by atoms with Crippen LogP contribution in [0, 0.1) is 0 Å². The quantitative estimate of drug-likeness (QED) is 0.608. The minimum Gasteiger partial charge on any atom is -0.379 e. The number of urea groups is 1. The molecule has 1 heterocycles. The molecule has 2 N–H and O–H groups in total. The Morgan fingerprint density at radius 1 is 1.13 bits per heavy atom. The molecule has 2 aromatic carbocycles. The number of hydrogen-bond acceptors (Lipinski definition) is 3. The molecule has 31 heavy (non-hydrogen) atoms. The second kappa shape index (κ2) is 11.5. The van der Waals surface area contributed by atoms with E-state index in [-0.39, 0.29) is 24.0 Å². The van der Waals surface area contributed by atoms with Gasteiger partial charge in [0.1, 0.15) is 0 Å². The number of nitrogens with zero attached hydrogens (tertiary/aromatic N) is 1. The zero-order valence-electron chi connectivity index (χ0n) is 18.5. The molecule has 1 fully saturated rings. The van der Waals surface area contributed by atoms with Gasteiger partial charge in [-0.15, -0.1) is 0 Å². The summed E-state index contributed by atoms with van der Waals surface area (Å²) in [6.45, 7) is 6.63. The molecule has 1 aliphatic rings. The van der Waals surface area contributed by atoms with Crippen LogP contribution in [0.15, 0.2) is 54.6 Å². The molecule has 2 aromatic rings. The molecule has 0 radical (unpaired) electrons. The van der Waals surface area contributed by atoms with Gasteiger partial charge in [-0.25, -0.2) is 4.79 Å². The van der Waals surface area contributed by atoms with E-state index in [0.717, 1.165) is 37.1 Å². The standard InChI is InChI=1S/C25H33N3O3/c1-19(2)31-16-8-14-26-24(29)21-10-6-9-20(17-21)22-11-7-15-28(18-22)25(30)27-23-12-4-3-5-13-23/h3-6,9-10,12-13,17,19,22H,7-8,11,14-16,18H2,1-2H3,(H,26,29)(H,27,30). The SMILES string of the molecule is CC(C)OCCCNC(=O)c1cccc(C2CCCN(C(=O)Nc3ccccc3)C2)c1. The van der Waals surface area contributed by atoms with Gasteiger partial charge in [0, 0.05) is 43.4 Å². The number of rotatable bonds is 8. The van der Waals surface area contributed by atoms with E-state index in [1.165, 1.54) is 0 Å². The fourth-order valence-corrected chi connectivity index (χ4v) is 3.79. The Bertz CT molecular complexity index is 854. The smallest absolute Gasteiger partial charge is 0.321 e. The Morgan fingerprint density at radius 2 is 1.94 bits per heavy atom. The number of benzene rings is 2. The molecule has 6 nitrogen and oxygen atoms in total. The highest BCUT2D eigenvalue weighted by Crippen LogP contribution is 2.28. The van der Waals surface area contributed by atoms with Crippen molar-refractivity contribution in [2.24, 2.45) is 0 Å². The van der Waals surface area contributed by atoms with E-state index in [1.807, 2.05) is 67.3 Å². The first-order valence-electron chi connectivity index (χ1n) is 11.1. The van der Waals surface area contributed by atoms with Gasteiger partial charge < -0.3 is 20.3 Å². The van der Waals surface area contributed by atoms with Crippen molar-refractivity contribution in [1.29, 1.82) is 0 Å². The number of carbonyl (C=O) groups excluding carboxylic acids is 2. The highest BCUT2D eigenvalue weighted by molar-refractivity contribution is 5.94. The van der Waals surface area contributed by atoms with Crippen molar-refractivity contribution in [3.05, 3.63) is 65.7 Å². The maximum Gasteiger partial charge on any atom is 0.321 e. The van der Waals surface area contributed by atoms with E-state index < -0.39 is 0 Å². The lowest BCUT2D eigenvalue weighted by Crippen LogP contribution is -2.41. The second-order valence-electron chi connectivity index (χ2n) is 8.24. The number of para-hydroxylation sites is 1. The molecule has 1 aliphatic heterocycles. The van der Waals surface area contributed by atoms with E-state index >= 15 is 0 Å². The number of ether oxygens (including phenoxy) is 1. The van der Waals surface area contributed by atoms with E-state index in [9.17, 15) is 9.59 Å². The average molecular weight is 424 g/mol. The normalized spacial score (nSPS) is 16.2. The molecule has 0 spiro atoms. The first-order chi connectivity index (χ1) is 15.0. The maximum atomic E-state index is 12.7. The Hall–Kier alpha value is -2.86. The van der Waals surface area contributed by atoms with Crippen molar-refractivity contribution < 1.29 is 14.3 Å². The van der Waals surface area contributed by atoms with Crippen LogP contribution in [0.4, 0.5) is 10.5 Å². The van der Waals surface area contributed by atoms with Crippen molar-refractivity contribution in [3.63, 3.8) is 0 Å². The number of carbonyl (C=O) groups is 2. The number of nitrogens with one attached hydrogen (secondary N) is 2. The number of piperidine rings is 1. The van der Waals surface area contributed by atoms with E-state index in [1.54, 1.807) is 0 Å². The summed E-state index contributed by atoms with van der Waals surface area (Å²) in [5.74, 6) is 0.156. The number of likely N-dealkylation sites (tertiary alicyclic amines) is 1. The minimum absolute atomic E-state index is 0.0686. The first kappa shape index (κ1) is 22.8. The molecule has 0 saturated carbocycles. The van der Waals surface area contributed by atoms with Gasteiger partial charge in [-0.05, 0) is 62.9 Å². The summed E-state index contributed by atoms with van der Waals surface area (Å²) >= 11 is 0. The summed E-state index contributed by atoms with van der Waals surface area (Å²) in [4.78, 5) is 27.1. The van der Waals surface area contributed by atoms with Crippen LogP contribution in [0.5, 0.6) is 0 Å². The molecule has 3 amide bonds. The average Bonchev–Trinajstić information content (AvgIpc) is 2.79. The third kappa shape index (κ3) is 7.10. The lowest BCUT2D eigenvalue weighted by Gasteiger charge is -2.33. The monoisotopic (exact) mass is 423 g/mol. The largest absolute Gasteiger partial charge is 0.379 e. The topological polar surface area (TPSA) is 70.7 Å². The molecule has 1 saturated heterocycles. The van der Waals surface area contributed by atoms with Crippen molar-refractivity contribution in [2.45, 2.75) is 45.1 Å². The molecular weight excluding hydrogens is 390 g/mol. The Balaban J connectivity index is 1.54. The predicted octanol–water partition coefficient (Wildman–Crippen LogP) is 4.64. The fourth-order valence-electron chi connectivity index (χ4n) is 3.79. The summed E-state index contributed by atoms with van der Waals surface area (Å²) in [7, 11) is 0. The van der Waals surface area contributed by atoms with E-state index in [2.05, 4.69) is 16.7 Å². The molecule has 0 aromatic heterocycles. The van der Waals surface area contributed by atoms with Gasteiger partial charge in [0.05, 0.1) is 6.10 Å². The van der Waals surface area contributed by atoms with Crippen LogP contribution in [0.3, 0.4) is 0 Å². The van der Waals surface area contributed by atoms with Gasteiger partial charge in [0.15, 0.2) is 0 Å². The Morgan fingerprint density at radius 3 is 2.71 bits per heavy atom. The number of hydrogen-bond donors (Lipinski definition) is 2. The summed E-state index contributed by atoms with van der Waals surface area (Å²) in [6.07, 6.45) is 2.95. The minimum atomic E-state index is -0.0755. The molecule has 0 aliphatic carbocycles. The molecule has 1 atom stereocenters. The van der Waals surface area contributed by atoms with Crippen LogP contribution >= 0.6 is 0 Å². The lowest BCUT2D eigenvalue weighted by molar-refractivity contribution is 0.0757. The van der Waals surface area contributed by atoms with Gasteiger partial charge in [0.25, 0.3) is 5.91 Å². The van der Waals surface area contributed by atoms with E-state index in [0.29, 0.717) is 25.3 Å². The molecule has 3 rings (SSSR count). The summed E-state index contributed by atoms with van der Waals surface area (Å²) in [5.41, 5.74) is 2.56.